The summed E-state index contributed by atoms with van der Waals surface area (Å²) in [6, 6.07) is 0. The van der Waals surface area contributed by atoms with E-state index in [0.29, 0.717) is 30.4 Å². The normalized spacial score (nSPS) is 22.7. The van der Waals surface area contributed by atoms with Crippen molar-refractivity contribution in [3.63, 3.8) is 0 Å². The van der Waals surface area contributed by atoms with Crippen molar-refractivity contribution in [2.24, 2.45) is 13.0 Å². The van der Waals surface area contributed by atoms with Crippen LogP contribution in [0.2, 0.25) is 0 Å². The van der Waals surface area contributed by atoms with E-state index in [0.717, 1.165) is 19.3 Å². The van der Waals surface area contributed by atoms with Crippen LogP contribution in [0, 0.1) is 16.0 Å². The van der Waals surface area contributed by atoms with E-state index in [2.05, 4.69) is 10.4 Å². The summed E-state index contributed by atoms with van der Waals surface area (Å²) in [6.07, 6.45) is 2.85. The zero-order chi connectivity index (χ0) is 14.0. The summed E-state index contributed by atoms with van der Waals surface area (Å²) in [7, 11) is 1.71. The number of nitrogens with one attached hydrogen (secondary N) is 1. The molecule has 1 aromatic rings. The number of nitrogens with zero attached hydrogens (tertiary/aromatic N) is 3. The second kappa shape index (κ2) is 5.56. The van der Waals surface area contributed by atoms with Gasteiger partial charge < -0.3 is 10.4 Å². The van der Waals surface area contributed by atoms with Crippen LogP contribution < -0.4 is 5.32 Å². The van der Waals surface area contributed by atoms with Crippen molar-refractivity contribution in [1.82, 2.24) is 9.78 Å². The van der Waals surface area contributed by atoms with Crippen LogP contribution >= 0.6 is 0 Å². The van der Waals surface area contributed by atoms with Gasteiger partial charge in [0.2, 0.25) is 5.82 Å². The molecule has 1 aromatic heterocycles. The monoisotopic (exact) mass is 268 g/mol. The first-order valence-electron chi connectivity index (χ1n) is 6.65. The molecule has 1 aliphatic rings. The molecule has 2 atom stereocenters. The number of hydrogen-bond donors (Lipinski definition) is 2. The molecule has 0 spiro atoms. The number of aryl methyl sites for hydroxylation is 2. The Morgan fingerprint density at radius 1 is 1.58 bits per heavy atom. The molecule has 7 nitrogen and oxygen atoms in total. The molecule has 1 saturated carbocycles. The van der Waals surface area contributed by atoms with Gasteiger partial charge in [-0.15, -0.1) is 0 Å². The fourth-order valence-corrected chi connectivity index (χ4v) is 2.67. The molecule has 0 amide bonds. The van der Waals surface area contributed by atoms with Gasteiger partial charge in [-0.05, 0) is 31.6 Å². The molecule has 0 radical (unpaired) electrons. The van der Waals surface area contributed by atoms with E-state index in [4.69, 9.17) is 0 Å². The van der Waals surface area contributed by atoms with Crippen LogP contribution in [0.5, 0.6) is 0 Å². The van der Waals surface area contributed by atoms with Crippen LogP contribution in [0.1, 0.15) is 31.9 Å². The smallest absolute Gasteiger partial charge is 0.333 e. The van der Waals surface area contributed by atoms with E-state index >= 15 is 0 Å². The van der Waals surface area contributed by atoms with Crippen molar-refractivity contribution in [3.05, 3.63) is 15.8 Å². The van der Waals surface area contributed by atoms with E-state index in [1.54, 1.807) is 7.05 Å². The van der Waals surface area contributed by atoms with Crippen LogP contribution in [-0.2, 0) is 13.5 Å². The molecule has 1 aliphatic carbocycles. The van der Waals surface area contributed by atoms with E-state index in [-0.39, 0.29) is 16.7 Å². The Balaban J connectivity index is 2.11. The van der Waals surface area contributed by atoms with Crippen LogP contribution in [0.4, 0.5) is 11.5 Å². The molecule has 2 rings (SSSR count). The number of rotatable bonds is 5. The van der Waals surface area contributed by atoms with Gasteiger partial charge in [0.25, 0.3) is 0 Å². The maximum Gasteiger partial charge on any atom is 0.333 e. The molecule has 7 heteroatoms. The topological polar surface area (TPSA) is 93.2 Å². The lowest BCUT2D eigenvalue weighted by Crippen LogP contribution is -2.15. The summed E-state index contributed by atoms with van der Waals surface area (Å²) in [4.78, 5) is 10.8. The lowest BCUT2D eigenvalue weighted by molar-refractivity contribution is -0.384. The minimum Gasteiger partial charge on any atom is -0.393 e. The number of aliphatic hydroxyl groups is 1. The van der Waals surface area contributed by atoms with Crippen molar-refractivity contribution in [3.8, 4) is 0 Å². The summed E-state index contributed by atoms with van der Waals surface area (Å²) >= 11 is 0. The van der Waals surface area contributed by atoms with Crippen molar-refractivity contribution >= 4 is 11.5 Å². The molecule has 0 bridgehead atoms. The standard InChI is InChI=1S/C12H20N4O3/c1-3-10-11(16(18)19)12(15(2)14-10)13-7-8-4-5-9(17)6-8/h8-9,13,17H,3-7H2,1-2H3. The number of aromatic nitrogens is 2. The molecule has 2 unspecified atom stereocenters. The number of hydrogen-bond acceptors (Lipinski definition) is 5. The lowest BCUT2D eigenvalue weighted by Gasteiger charge is -2.11. The molecule has 19 heavy (non-hydrogen) atoms. The van der Waals surface area contributed by atoms with Crippen LogP contribution in [0.25, 0.3) is 0 Å². The summed E-state index contributed by atoms with van der Waals surface area (Å²) in [6.45, 7) is 2.49. The highest BCUT2D eigenvalue weighted by Crippen LogP contribution is 2.30. The number of aliphatic hydroxyl groups excluding tert-OH is 1. The van der Waals surface area contributed by atoms with E-state index in [1.807, 2.05) is 6.92 Å². The van der Waals surface area contributed by atoms with Crippen molar-refractivity contribution in [2.45, 2.75) is 38.7 Å². The van der Waals surface area contributed by atoms with Gasteiger partial charge >= 0.3 is 5.69 Å². The summed E-state index contributed by atoms with van der Waals surface area (Å²) < 4.78 is 1.53. The Kier molecular flexibility index (Phi) is 4.04. The quantitative estimate of drug-likeness (QED) is 0.623. The Morgan fingerprint density at radius 2 is 2.32 bits per heavy atom. The molecular weight excluding hydrogens is 248 g/mol. The summed E-state index contributed by atoms with van der Waals surface area (Å²) in [5.41, 5.74) is 0.574. The fourth-order valence-electron chi connectivity index (χ4n) is 2.67. The SMILES string of the molecule is CCc1nn(C)c(NCC2CCC(O)C2)c1[N+](=O)[O-]. The Bertz CT molecular complexity index is 472. The maximum absolute atomic E-state index is 11.1. The largest absolute Gasteiger partial charge is 0.393 e. The van der Waals surface area contributed by atoms with Gasteiger partial charge in [0, 0.05) is 13.6 Å². The predicted octanol–water partition coefficient (Wildman–Crippen LogP) is 1.46. The van der Waals surface area contributed by atoms with E-state index < -0.39 is 0 Å². The maximum atomic E-state index is 11.1. The number of nitro groups is 1. The third-order valence-electron chi connectivity index (χ3n) is 3.68. The third-order valence-corrected chi connectivity index (χ3v) is 3.68. The first kappa shape index (κ1) is 13.8. The molecule has 0 aliphatic heterocycles. The first-order chi connectivity index (χ1) is 9.02. The molecule has 1 heterocycles. The Morgan fingerprint density at radius 3 is 2.84 bits per heavy atom. The minimum atomic E-state index is -0.377. The molecule has 0 saturated heterocycles. The van der Waals surface area contributed by atoms with Gasteiger partial charge in [-0.25, -0.2) is 4.68 Å². The van der Waals surface area contributed by atoms with Gasteiger partial charge in [-0.2, -0.15) is 5.10 Å². The highest BCUT2D eigenvalue weighted by molar-refractivity contribution is 5.59. The molecule has 2 N–H and O–H groups in total. The van der Waals surface area contributed by atoms with E-state index in [1.165, 1.54) is 4.68 Å². The molecule has 0 aromatic carbocycles. The molecule has 1 fully saturated rings. The van der Waals surface area contributed by atoms with Crippen LogP contribution in [0.3, 0.4) is 0 Å². The fraction of sp³-hybridized carbons (Fsp3) is 0.750. The Labute approximate surface area is 111 Å². The summed E-state index contributed by atoms with van der Waals surface area (Å²) in [5.74, 6) is 0.831. The molecule has 106 valence electrons. The second-order valence-electron chi connectivity index (χ2n) is 5.09. The summed E-state index contributed by atoms with van der Waals surface area (Å²) in [5, 5.41) is 27.9. The highest BCUT2D eigenvalue weighted by atomic mass is 16.6. The van der Waals surface area contributed by atoms with Crippen LogP contribution in [-0.4, -0.2) is 32.5 Å². The Hall–Kier alpha value is -1.63. The lowest BCUT2D eigenvalue weighted by atomic mass is 10.1. The van der Waals surface area contributed by atoms with Gasteiger partial charge in [-0.1, -0.05) is 6.92 Å². The highest BCUT2D eigenvalue weighted by Gasteiger charge is 2.27. The van der Waals surface area contributed by atoms with Crippen molar-refractivity contribution in [2.75, 3.05) is 11.9 Å². The molecular formula is C12H20N4O3. The zero-order valence-electron chi connectivity index (χ0n) is 11.3. The third kappa shape index (κ3) is 2.86. The minimum absolute atomic E-state index is 0.0727. The van der Waals surface area contributed by atoms with Gasteiger partial charge in [0.05, 0.1) is 11.0 Å². The average molecular weight is 268 g/mol. The zero-order valence-corrected chi connectivity index (χ0v) is 11.3. The first-order valence-corrected chi connectivity index (χ1v) is 6.65. The van der Waals surface area contributed by atoms with Crippen molar-refractivity contribution in [1.29, 1.82) is 0 Å². The number of anilines is 1. The van der Waals surface area contributed by atoms with E-state index in [9.17, 15) is 15.2 Å². The van der Waals surface area contributed by atoms with Gasteiger partial charge in [0.15, 0.2) is 0 Å². The van der Waals surface area contributed by atoms with Crippen LogP contribution in [0.15, 0.2) is 0 Å². The predicted molar refractivity (Wildman–Crippen MR) is 71.1 cm³/mol. The van der Waals surface area contributed by atoms with Crippen molar-refractivity contribution < 1.29 is 10.0 Å². The second-order valence-corrected chi connectivity index (χ2v) is 5.09. The van der Waals surface area contributed by atoms with Gasteiger partial charge in [0.1, 0.15) is 5.69 Å². The average Bonchev–Trinajstić information content (AvgIpc) is 2.90. The van der Waals surface area contributed by atoms with Gasteiger partial charge in [-0.3, -0.25) is 10.1 Å².